The molecule has 9 rings (SSSR count). The topological polar surface area (TPSA) is 66.9 Å². The maximum absolute atomic E-state index is 4.97. The van der Waals surface area contributed by atoms with Crippen LogP contribution in [0.5, 0.6) is 0 Å². The summed E-state index contributed by atoms with van der Waals surface area (Å²) >= 11 is 1.75. The lowest BCUT2D eigenvalue weighted by Gasteiger charge is -2.23. The van der Waals surface area contributed by atoms with Gasteiger partial charge < -0.3 is 5.32 Å². The fraction of sp³-hybridized carbons (Fsp3) is 0.0270. The fourth-order valence-corrected chi connectivity index (χ4v) is 7.00. The molecule has 7 heteroatoms. The van der Waals surface area contributed by atoms with Crippen molar-refractivity contribution < 1.29 is 0 Å². The smallest absolute Gasteiger partial charge is 0.235 e. The van der Waals surface area contributed by atoms with Gasteiger partial charge in [-0.2, -0.15) is 0 Å². The highest BCUT2D eigenvalue weighted by atomic mass is 32.1. The monoisotopic (exact) mass is 584 g/mol. The highest BCUT2D eigenvalue weighted by Gasteiger charge is 2.21. The zero-order valence-electron chi connectivity index (χ0n) is 23.4. The number of nitrogens with one attached hydrogen (secondary N) is 1. The van der Waals surface area contributed by atoms with Gasteiger partial charge in [0.25, 0.3) is 0 Å². The number of aromatic nitrogens is 3. The van der Waals surface area contributed by atoms with Gasteiger partial charge in [0, 0.05) is 39.2 Å². The number of thiophene rings is 1. The lowest BCUT2D eigenvalue weighted by atomic mass is 10.0. The van der Waals surface area contributed by atoms with E-state index in [0.29, 0.717) is 0 Å². The third-order valence-corrected chi connectivity index (χ3v) is 9.28. The molecule has 4 heterocycles. The summed E-state index contributed by atoms with van der Waals surface area (Å²) in [6.07, 6.45) is 3.84. The molecule has 1 N–H and O–H groups in total. The molecule has 0 spiro atoms. The predicted octanol–water partition coefficient (Wildman–Crippen LogP) is 8.41. The number of nitrogens with zero attached hydrogens (tertiary/aromatic N) is 5. The van der Waals surface area contributed by atoms with E-state index in [1.807, 2.05) is 42.6 Å². The molecule has 8 aromatic rings. The normalized spacial score (nSPS) is 15.0. The van der Waals surface area contributed by atoms with Crippen molar-refractivity contribution in [1.82, 2.24) is 19.7 Å². The maximum Gasteiger partial charge on any atom is 0.235 e. The predicted molar refractivity (Wildman–Crippen MR) is 181 cm³/mol. The van der Waals surface area contributed by atoms with Crippen LogP contribution in [-0.2, 0) is 0 Å². The van der Waals surface area contributed by atoms with Crippen molar-refractivity contribution in [2.75, 3.05) is 0 Å². The molecule has 0 radical (unpaired) electrons. The molecule has 44 heavy (non-hydrogen) atoms. The molecule has 0 bridgehead atoms. The minimum Gasteiger partial charge on any atom is -0.344 e. The van der Waals surface area contributed by atoms with E-state index < -0.39 is 0 Å². The molecule has 0 amide bonds. The van der Waals surface area contributed by atoms with Gasteiger partial charge in [-0.05, 0) is 40.1 Å². The number of amidine groups is 2. The summed E-state index contributed by atoms with van der Waals surface area (Å²) in [6.45, 7) is 0. The van der Waals surface area contributed by atoms with Gasteiger partial charge in [-0.15, -0.1) is 11.3 Å². The highest BCUT2D eigenvalue weighted by molar-refractivity contribution is 7.25. The first-order chi connectivity index (χ1) is 21.8. The molecule has 3 aromatic heterocycles. The van der Waals surface area contributed by atoms with E-state index in [0.717, 1.165) is 66.4 Å². The molecular formula is C37H24N6S. The van der Waals surface area contributed by atoms with E-state index in [1.54, 1.807) is 11.3 Å². The molecule has 1 aliphatic rings. The Morgan fingerprint density at radius 3 is 2.25 bits per heavy atom. The maximum atomic E-state index is 4.97. The Bertz CT molecular complexity index is 2420. The van der Waals surface area contributed by atoms with E-state index in [9.17, 15) is 0 Å². The van der Waals surface area contributed by atoms with Gasteiger partial charge in [0.2, 0.25) is 5.78 Å². The summed E-state index contributed by atoms with van der Waals surface area (Å²) in [6, 6.07) is 41.9. The summed E-state index contributed by atoms with van der Waals surface area (Å²) < 4.78 is 3.35. The third-order valence-electron chi connectivity index (χ3n) is 8.12. The SMILES string of the molecule is c1ccc(C2=NC(c3ccccc3)NC(c3ccc4cc(-c5cnc6nc7c8ccccc8sc7n6c5)ccc4c3)=N2)cc1. The molecule has 208 valence electrons. The second kappa shape index (κ2) is 9.97. The molecule has 5 aromatic carbocycles. The first-order valence-corrected chi connectivity index (χ1v) is 15.3. The first-order valence-electron chi connectivity index (χ1n) is 14.5. The van der Waals surface area contributed by atoms with Crippen LogP contribution in [0.15, 0.2) is 144 Å². The number of aliphatic imine (C=N–C) groups is 2. The van der Waals surface area contributed by atoms with Crippen molar-refractivity contribution in [2.24, 2.45) is 9.98 Å². The first kappa shape index (κ1) is 24.9. The number of hydrogen-bond donors (Lipinski definition) is 1. The molecule has 0 saturated carbocycles. The Morgan fingerprint density at radius 1 is 0.682 bits per heavy atom. The number of imidazole rings is 1. The van der Waals surface area contributed by atoms with Crippen LogP contribution in [0.25, 0.3) is 48.1 Å². The number of benzene rings is 5. The van der Waals surface area contributed by atoms with Gasteiger partial charge in [-0.3, -0.25) is 4.40 Å². The van der Waals surface area contributed by atoms with Crippen molar-refractivity contribution >= 4 is 60.0 Å². The van der Waals surface area contributed by atoms with Crippen LogP contribution in [0.2, 0.25) is 0 Å². The molecule has 0 aliphatic carbocycles. The lowest BCUT2D eigenvalue weighted by molar-refractivity contribution is 0.674. The zero-order valence-corrected chi connectivity index (χ0v) is 24.2. The summed E-state index contributed by atoms with van der Waals surface area (Å²) in [5.41, 5.74) is 6.27. The van der Waals surface area contributed by atoms with Crippen LogP contribution in [0.1, 0.15) is 22.9 Å². The van der Waals surface area contributed by atoms with Crippen molar-refractivity contribution in [3.8, 4) is 11.1 Å². The highest BCUT2D eigenvalue weighted by Crippen LogP contribution is 2.34. The minimum atomic E-state index is -0.227. The standard InChI is InChI=1S/C37H24N6S/c1-3-9-23(10-4-1)33-40-34(24-11-5-2-6-12-24)42-35(41-33)28-18-17-25-19-27(16-15-26(25)20-28)29-21-38-37-39-32-30-13-7-8-14-31(30)44-36(32)43(37)22-29/h1-22,33H,(H,40,41,42). The Labute approximate surface area is 256 Å². The van der Waals surface area contributed by atoms with Gasteiger partial charge in [-0.25, -0.2) is 20.0 Å². The zero-order chi connectivity index (χ0) is 29.0. The van der Waals surface area contributed by atoms with Crippen molar-refractivity contribution in [2.45, 2.75) is 6.17 Å². The van der Waals surface area contributed by atoms with E-state index in [4.69, 9.17) is 20.0 Å². The second-order valence-electron chi connectivity index (χ2n) is 10.9. The van der Waals surface area contributed by atoms with Crippen molar-refractivity contribution in [3.05, 3.63) is 150 Å². The van der Waals surface area contributed by atoms with Crippen LogP contribution >= 0.6 is 11.3 Å². The summed E-state index contributed by atoms with van der Waals surface area (Å²) in [7, 11) is 0. The summed E-state index contributed by atoms with van der Waals surface area (Å²) in [5.74, 6) is 2.25. The number of rotatable bonds is 4. The van der Waals surface area contributed by atoms with Gasteiger partial charge >= 0.3 is 0 Å². The van der Waals surface area contributed by atoms with Crippen LogP contribution in [-0.4, -0.2) is 26.0 Å². The van der Waals surface area contributed by atoms with E-state index in [1.165, 1.54) is 10.1 Å². The molecule has 1 aliphatic heterocycles. The van der Waals surface area contributed by atoms with Crippen LogP contribution < -0.4 is 5.32 Å². The Morgan fingerprint density at radius 2 is 1.41 bits per heavy atom. The van der Waals surface area contributed by atoms with Gasteiger partial charge in [0.1, 0.15) is 22.3 Å². The number of hydrogen-bond acceptors (Lipinski definition) is 6. The molecule has 6 nitrogen and oxygen atoms in total. The Balaban J connectivity index is 1.09. The number of fused-ring (bicyclic) bond motifs is 6. The fourth-order valence-electron chi connectivity index (χ4n) is 5.88. The molecular weight excluding hydrogens is 561 g/mol. The minimum absolute atomic E-state index is 0.227. The van der Waals surface area contributed by atoms with Gasteiger partial charge in [-0.1, -0.05) is 103 Å². The van der Waals surface area contributed by atoms with Crippen LogP contribution in [0.3, 0.4) is 0 Å². The quantitative estimate of drug-likeness (QED) is 0.226. The van der Waals surface area contributed by atoms with Crippen LogP contribution in [0.4, 0.5) is 0 Å². The molecule has 1 unspecified atom stereocenters. The van der Waals surface area contributed by atoms with Crippen molar-refractivity contribution in [1.29, 1.82) is 0 Å². The van der Waals surface area contributed by atoms with E-state index >= 15 is 0 Å². The van der Waals surface area contributed by atoms with Gasteiger partial charge in [0.05, 0.1) is 0 Å². The molecule has 0 saturated heterocycles. The Kier molecular flexibility index (Phi) is 5.64. The van der Waals surface area contributed by atoms with E-state index in [2.05, 4.69) is 101 Å². The summed E-state index contributed by atoms with van der Waals surface area (Å²) in [5, 5.41) is 7.04. The second-order valence-corrected chi connectivity index (χ2v) is 11.9. The lowest BCUT2D eigenvalue weighted by Crippen LogP contribution is -2.33. The molecule has 1 atom stereocenters. The third kappa shape index (κ3) is 4.17. The molecule has 0 fully saturated rings. The van der Waals surface area contributed by atoms with Crippen LogP contribution in [0, 0.1) is 0 Å². The largest absolute Gasteiger partial charge is 0.344 e. The van der Waals surface area contributed by atoms with Crippen molar-refractivity contribution in [3.63, 3.8) is 0 Å². The average Bonchev–Trinajstić information content (AvgIpc) is 3.64. The summed E-state index contributed by atoms with van der Waals surface area (Å²) in [4.78, 5) is 20.6. The van der Waals surface area contributed by atoms with E-state index in [-0.39, 0.29) is 6.17 Å². The van der Waals surface area contributed by atoms with Gasteiger partial charge in [0.15, 0.2) is 5.84 Å². The average molecular weight is 585 g/mol. The Hall–Kier alpha value is -5.66.